The average molecular weight is 407 g/mol. The van der Waals surface area contributed by atoms with Gasteiger partial charge in [0.05, 0.1) is 11.9 Å². The van der Waals surface area contributed by atoms with Gasteiger partial charge in [0.2, 0.25) is 5.91 Å². The van der Waals surface area contributed by atoms with Gasteiger partial charge in [0, 0.05) is 67.6 Å². The molecular weight excluding hydrogens is 385 g/mol. The Balaban J connectivity index is 1.32. The van der Waals surface area contributed by atoms with Crippen LogP contribution in [0.5, 0.6) is 0 Å². The van der Waals surface area contributed by atoms with Crippen LogP contribution in [-0.2, 0) is 22.6 Å². The zero-order valence-corrected chi connectivity index (χ0v) is 16.7. The van der Waals surface area contributed by atoms with Gasteiger partial charge in [-0.1, -0.05) is 6.07 Å². The van der Waals surface area contributed by atoms with Gasteiger partial charge in [0.1, 0.15) is 17.4 Å². The number of Topliss-reactive ketones (excluding diaryl/α,β-unsaturated/α-hetero) is 1. The number of rotatable bonds is 6. The molecule has 0 spiro atoms. The number of carbonyl (C=O) groups is 2. The Bertz CT molecular complexity index is 1080. The first-order chi connectivity index (χ1) is 14.5. The van der Waals surface area contributed by atoms with E-state index in [0.717, 1.165) is 36.2 Å². The van der Waals surface area contributed by atoms with Crippen molar-refractivity contribution in [1.82, 2.24) is 19.7 Å². The van der Waals surface area contributed by atoms with Crippen LogP contribution in [-0.4, -0.2) is 38.0 Å². The van der Waals surface area contributed by atoms with Crippen LogP contribution in [0.3, 0.4) is 0 Å². The molecule has 4 rings (SSSR count). The topological polar surface area (TPSA) is 81.0 Å². The minimum Gasteiger partial charge on any atom is -0.299 e. The van der Waals surface area contributed by atoms with Crippen molar-refractivity contribution in [3.8, 4) is 11.1 Å². The van der Waals surface area contributed by atoms with Gasteiger partial charge in [-0.05, 0) is 25.5 Å². The van der Waals surface area contributed by atoms with E-state index in [1.165, 1.54) is 6.07 Å². The Labute approximate surface area is 173 Å². The molecule has 0 aromatic carbocycles. The smallest absolute Gasteiger partial charge is 0.228 e. The van der Waals surface area contributed by atoms with Crippen molar-refractivity contribution in [1.29, 1.82) is 0 Å². The third-order valence-corrected chi connectivity index (χ3v) is 5.07. The fourth-order valence-electron chi connectivity index (χ4n) is 3.60. The first-order valence-corrected chi connectivity index (χ1v) is 9.92. The van der Waals surface area contributed by atoms with Crippen molar-refractivity contribution in [2.24, 2.45) is 0 Å². The molecule has 0 bridgehead atoms. The number of aromatic nitrogens is 4. The molecule has 0 unspecified atom stereocenters. The Morgan fingerprint density at radius 3 is 2.70 bits per heavy atom. The number of hydrogen-bond acceptors (Lipinski definition) is 5. The molecule has 30 heavy (non-hydrogen) atoms. The molecule has 3 aromatic heterocycles. The lowest BCUT2D eigenvalue weighted by Crippen LogP contribution is -2.37. The van der Waals surface area contributed by atoms with Crippen molar-refractivity contribution < 1.29 is 14.0 Å². The minimum absolute atomic E-state index is 0.0438. The van der Waals surface area contributed by atoms with Crippen molar-refractivity contribution in [2.45, 2.75) is 39.2 Å². The van der Waals surface area contributed by atoms with E-state index >= 15 is 0 Å². The number of aryl methyl sites for hydroxylation is 2. The number of amides is 1. The summed E-state index contributed by atoms with van der Waals surface area (Å²) in [6, 6.07) is 6.81. The van der Waals surface area contributed by atoms with E-state index in [-0.39, 0.29) is 31.0 Å². The van der Waals surface area contributed by atoms with Crippen molar-refractivity contribution in [2.75, 3.05) is 11.4 Å². The fraction of sp³-hybridized carbons (Fsp3) is 0.318. The van der Waals surface area contributed by atoms with Gasteiger partial charge in [-0.3, -0.25) is 24.5 Å². The van der Waals surface area contributed by atoms with E-state index in [9.17, 15) is 14.0 Å². The van der Waals surface area contributed by atoms with Crippen LogP contribution in [0.25, 0.3) is 11.1 Å². The largest absolute Gasteiger partial charge is 0.299 e. The summed E-state index contributed by atoms with van der Waals surface area (Å²) in [5, 5.41) is 4.39. The Kier molecular flexibility index (Phi) is 5.65. The van der Waals surface area contributed by atoms with Crippen molar-refractivity contribution in [3.63, 3.8) is 0 Å². The van der Waals surface area contributed by atoms with Crippen LogP contribution in [0, 0.1) is 12.7 Å². The number of nitrogens with zero attached hydrogens (tertiary/aromatic N) is 5. The minimum atomic E-state index is -0.414. The maximum absolute atomic E-state index is 13.3. The summed E-state index contributed by atoms with van der Waals surface area (Å²) in [5.41, 5.74) is 2.85. The zero-order valence-electron chi connectivity index (χ0n) is 16.7. The monoisotopic (exact) mass is 407 g/mol. The molecule has 0 fully saturated rings. The molecule has 0 aliphatic carbocycles. The summed E-state index contributed by atoms with van der Waals surface area (Å²) in [7, 11) is 0. The van der Waals surface area contributed by atoms with E-state index in [0.29, 0.717) is 17.8 Å². The van der Waals surface area contributed by atoms with Gasteiger partial charge in [-0.2, -0.15) is 5.10 Å². The molecule has 8 heteroatoms. The molecular formula is C22H22FN5O2. The maximum Gasteiger partial charge on any atom is 0.228 e. The third-order valence-electron chi connectivity index (χ3n) is 5.07. The molecule has 0 saturated heterocycles. The summed E-state index contributed by atoms with van der Waals surface area (Å²) in [5.74, 6) is 0.285. The highest BCUT2D eigenvalue weighted by atomic mass is 19.1. The molecule has 0 atom stereocenters. The molecule has 0 saturated carbocycles. The quantitative estimate of drug-likeness (QED) is 0.627. The summed E-state index contributed by atoms with van der Waals surface area (Å²) in [6.07, 6.45) is 5.64. The van der Waals surface area contributed by atoms with Crippen LogP contribution in [0.15, 0.2) is 42.9 Å². The van der Waals surface area contributed by atoms with Crippen molar-refractivity contribution in [3.05, 3.63) is 60.1 Å². The summed E-state index contributed by atoms with van der Waals surface area (Å²) in [4.78, 5) is 34.8. The summed E-state index contributed by atoms with van der Waals surface area (Å²) in [6.45, 7) is 3.36. The Morgan fingerprint density at radius 1 is 1.07 bits per heavy atom. The van der Waals surface area contributed by atoms with Gasteiger partial charge in [-0.15, -0.1) is 0 Å². The van der Waals surface area contributed by atoms with E-state index in [1.54, 1.807) is 29.4 Å². The number of carbonyl (C=O) groups excluding carboxylic acids is 2. The van der Waals surface area contributed by atoms with Gasteiger partial charge in [0.15, 0.2) is 0 Å². The molecule has 1 aliphatic rings. The number of fused-ring (bicyclic) bond motifs is 1. The van der Waals surface area contributed by atoms with Crippen LogP contribution in [0.1, 0.15) is 30.7 Å². The third kappa shape index (κ3) is 4.42. The lowest BCUT2D eigenvalue weighted by atomic mass is 10.1. The fourth-order valence-corrected chi connectivity index (χ4v) is 3.60. The summed E-state index contributed by atoms with van der Waals surface area (Å²) >= 11 is 0. The highest BCUT2D eigenvalue weighted by Crippen LogP contribution is 2.23. The lowest BCUT2D eigenvalue weighted by Gasteiger charge is -2.27. The highest BCUT2D eigenvalue weighted by Gasteiger charge is 2.24. The molecule has 0 N–H and O–H groups in total. The molecule has 1 amide bonds. The van der Waals surface area contributed by atoms with Crippen molar-refractivity contribution >= 4 is 17.5 Å². The van der Waals surface area contributed by atoms with E-state index in [2.05, 4.69) is 15.1 Å². The SMILES string of the molecule is Cc1cc2n(n1)CCCN2C(=O)CCC(=O)Cc1ccc(-c2cncc(F)c2)cn1. The predicted octanol–water partition coefficient (Wildman–Crippen LogP) is 3.12. The number of ketones is 1. The van der Waals surface area contributed by atoms with Crippen LogP contribution in [0.2, 0.25) is 0 Å². The van der Waals surface area contributed by atoms with Gasteiger partial charge >= 0.3 is 0 Å². The number of hydrogen-bond donors (Lipinski definition) is 0. The number of pyridine rings is 2. The molecule has 4 heterocycles. The number of halogens is 1. The first kappa shape index (κ1) is 19.9. The summed E-state index contributed by atoms with van der Waals surface area (Å²) < 4.78 is 15.2. The van der Waals surface area contributed by atoms with E-state index < -0.39 is 5.82 Å². The van der Waals surface area contributed by atoms with Crippen LogP contribution >= 0.6 is 0 Å². The molecule has 0 radical (unpaired) electrons. The predicted molar refractivity (Wildman–Crippen MR) is 109 cm³/mol. The normalized spacial score (nSPS) is 13.2. The maximum atomic E-state index is 13.3. The second-order valence-electron chi connectivity index (χ2n) is 7.41. The van der Waals surface area contributed by atoms with Gasteiger partial charge in [0.25, 0.3) is 0 Å². The Morgan fingerprint density at radius 2 is 1.93 bits per heavy atom. The first-order valence-electron chi connectivity index (χ1n) is 9.92. The molecule has 154 valence electrons. The molecule has 1 aliphatic heterocycles. The average Bonchev–Trinajstić information content (AvgIpc) is 3.12. The molecule has 7 nitrogen and oxygen atoms in total. The molecule has 3 aromatic rings. The highest BCUT2D eigenvalue weighted by molar-refractivity contribution is 5.95. The van der Waals surface area contributed by atoms with E-state index in [1.807, 2.05) is 17.7 Å². The lowest BCUT2D eigenvalue weighted by molar-refractivity contribution is -0.123. The van der Waals surface area contributed by atoms with Crippen LogP contribution < -0.4 is 4.90 Å². The zero-order chi connectivity index (χ0) is 21.1. The second kappa shape index (κ2) is 8.52. The van der Waals surface area contributed by atoms with Gasteiger partial charge < -0.3 is 0 Å². The van der Waals surface area contributed by atoms with E-state index in [4.69, 9.17) is 0 Å². The van der Waals surface area contributed by atoms with Crippen LogP contribution in [0.4, 0.5) is 10.2 Å². The Hall–Kier alpha value is -3.42. The standard InChI is InChI=1S/C22H22FN5O2/c1-15-9-21-27(7-2-8-28(21)26-15)22(30)6-5-20(29)11-19-4-3-16(13-25-19)17-10-18(23)14-24-12-17/h3-4,9-10,12-14H,2,5-8,11H2,1H3. The second-order valence-corrected chi connectivity index (χ2v) is 7.41. The number of anilines is 1. The van der Waals surface area contributed by atoms with Gasteiger partial charge in [-0.25, -0.2) is 9.07 Å².